The second kappa shape index (κ2) is 4.06. The maximum Gasteiger partial charge on any atom is 0.224 e. The van der Waals surface area contributed by atoms with Crippen molar-refractivity contribution in [3.63, 3.8) is 0 Å². The van der Waals surface area contributed by atoms with Crippen LogP contribution in [0.3, 0.4) is 0 Å². The molecule has 0 aliphatic carbocycles. The molecule has 2 aromatic rings. The predicted octanol–water partition coefficient (Wildman–Crippen LogP) is 0.459. The van der Waals surface area contributed by atoms with Crippen LogP contribution in [-0.2, 0) is 6.42 Å². The molecule has 0 radical (unpaired) electrons. The minimum atomic E-state index is -0.743. The highest BCUT2D eigenvalue weighted by Gasteiger charge is 2.29. The molecular formula is C12H18N6O. The number of nitrogens with one attached hydrogen (secondary N) is 1. The van der Waals surface area contributed by atoms with E-state index >= 15 is 0 Å². The van der Waals surface area contributed by atoms with Crippen LogP contribution in [-0.4, -0.2) is 44.0 Å². The molecule has 0 spiro atoms. The third-order valence-electron chi connectivity index (χ3n) is 3.71. The van der Waals surface area contributed by atoms with Crippen LogP contribution >= 0.6 is 0 Å². The molecular weight excluding hydrogens is 244 g/mol. The van der Waals surface area contributed by atoms with Crippen molar-refractivity contribution in [3.05, 3.63) is 5.69 Å². The summed E-state index contributed by atoms with van der Waals surface area (Å²) >= 11 is 0. The number of aromatic amines is 1. The van der Waals surface area contributed by atoms with Gasteiger partial charge in [0.05, 0.1) is 16.7 Å². The smallest absolute Gasteiger partial charge is 0.224 e. The second-order valence-corrected chi connectivity index (χ2v) is 5.33. The molecule has 102 valence electrons. The maximum absolute atomic E-state index is 10.3. The summed E-state index contributed by atoms with van der Waals surface area (Å²) in [6.07, 6.45) is 1.53. The van der Waals surface area contributed by atoms with Gasteiger partial charge in [-0.2, -0.15) is 15.1 Å². The Bertz CT molecular complexity index is 620. The minimum Gasteiger partial charge on any atom is -0.388 e. The number of hydrogen-bond donors (Lipinski definition) is 3. The molecule has 1 atom stereocenters. The third-order valence-corrected chi connectivity index (χ3v) is 3.71. The van der Waals surface area contributed by atoms with Crippen LogP contribution in [0.1, 0.15) is 26.0 Å². The van der Waals surface area contributed by atoms with Crippen molar-refractivity contribution >= 4 is 22.8 Å². The molecule has 3 rings (SSSR count). The molecule has 0 unspecified atom stereocenters. The number of hydrogen-bond acceptors (Lipinski definition) is 6. The Hall–Kier alpha value is -1.89. The number of aliphatic hydroxyl groups is 1. The average molecular weight is 262 g/mol. The van der Waals surface area contributed by atoms with Crippen LogP contribution in [0.2, 0.25) is 0 Å². The molecule has 1 aliphatic rings. The van der Waals surface area contributed by atoms with Gasteiger partial charge in [-0.3, -0.25) is 5.10 Å². The molecule has 19 heavy (non-hydrogen) atoms. The van der Waals surface area contributed by atoms with E-state index in [2.05, 4.69) is 25.1 Å². The molecule has 4 N–H and O–H groups in total. The summed E-state index contributed by atoms with van der Waals surface area (Å²) in [6.45, 7) is 5.12. The Morgan fingerprint density at radius 2 is 2.26 bits per heavy atom. The van der Waals surface area contributed by atoms with E-state index in [1.54, 1.807) is 0 Å². The first-order valence-electron chi connectivity index (χ1n) is 6.48. The minimum absolute atomic E-state index is 0.212. The van der Waals surface area contributed by atoms with E-state index in [9.17, 15) is 5.11 Å². The van der Waals surface area contributed by atoms with E-state index in [0.29, 0.717) is 18.6 Å². The number of nitrogen functional groups attached to an aromatic ring is 1. The fraction of sp³-hybridized carbons (Fsp3) is 0.583. The Labute approximate surface area is 110 Å². The number of aromatic nitrogens is 4. The van der Waals surface area contributed by atoms with Crippen LogP contribution in [0.4, 0.5) is 11.8 Å². The standard InChI is InChI=1S/C12H18N6O/c1-3-12(2,19)6-18-5-4-7-8-9(17-16-7)14-11(13)15-10(8)18/h19H,3-6H2,1-2H3,(H3,13,14,15,16,17)/t12-/m0/s1. The summed E-state index contributed by atoms with van der Waals surface area (Å²) in [7, 11) is 0. The third kappa shape index (κ3) is 1.99. The first kappa shape index (κ1) is 12.2. The quantitative estimate of drug-likeness (QED) is 0.742. The lowest BCUT2D eigenvalue weighted by atomic mass is 10.0. The summed E-state index contributed by atoms with van der Waals surface area (Å²) in [5, 5.41) is 18.3. The zero-order valence-corrected chi connectivity index (χ0v) is 11.1. The Morgan fingerprint density at radius 3 is 3.00 bits per heavy atom. The van der Waals surface area contributed by atoms with Crippen molar-refractivity contribution in [3.8, 4) is 0 Å². The molecule has 3 heterocycles. The number of nitrogens with two attached hydrogens (primary N) is 1. The van der Waals surface area contributed by atoms with E-state index in [4.69, 9.17) is 5.73 Å². The van der Waals surface area contributed by atoms with Gasteiger partial charge in [0.2, 0.25) is 5.95 Å². The number of rotatable bonds is 3. The topological polar surface area (TPSA) is 104 Å². The molecule has 0 fully saturated rings. The Balaban J connectivity index is 2.07. The highest BCUT2D eigenvalue weighted by molar-refractivity contribution is 5.91. The van der Waals surface area contributed by atoms with Crippen LogP contribution in [0, 0.1) is 0 Å². The lowest BCUT2D eigenvalue weighted by molar-refractivity contribution is 0.0628. The Morgan fingerprint density at radius 1 is 1.47 bits per heavy atom. The monoisotopic (exact) mass is 262 g/mol. The van der Waals surface area contributed by atoms with Gasteiger partial charge in [-0.05, 0) is 13.3 Å². The van der Waals surface area contributed by atoms with E-state index in [-0.39, 0.29) is 5.95 Å². The van der Waals surface area contributed by atoms with E-state index in [1.807, 2.05) is 13.8 Å². The average Bonchev–Trinajstić information content (AvgIpc) is 2.76. The van der Waals surface area contributed by atoms with Crippen molar-refractivity contribution < 1.29 is 5.11 Å². The highest BCUT2D eigenvalue weighted by Crippen LogP contribution is 2.31. The van der Waals surface area contributed by atoms with Crippen LogP contribution in [0.5, 0.6) is 0 Å². The second-order valence-electron chi connectivity index (χ2n) is 5.33. The summed E-state index contributed by atoms with van der Waals surface area (Å²) < 4.78 is 0. The predicted molar refractivity (Wildman–Crippen MR) is 72.9 cm³/mol. The van der Waals surface area contributed by atoms with E-state index in [0.717, 1.165) is 29.9 Å². The Kier molecular flexibility index (Phi) is 2.60. The molecule has 0 saturated carbocycles. The molecule has 2 aromatic heterocycles. The molecule has 0 amide bonds. The summed E-state index contributed by atoms with van der Waals surface area (Å²) in [6, 6.07) is 0. The van der Waals surface area contributed by atoms with Crippen molar-refractivity contribution in [2.24, 2.45) is 0 Å². The van der Waals surface area contributed by atoms with Gasteiger partial charge in [-0.15, -0.1) is 0 Å². The summed E-state index contributed by atoms with van der Waals surface area (Å²) in [5.41, 5.74) is 6.62. The number of H-pyrrole nitrogens is 1. The van der Waals surface area contributed by atoms with Crippen LogP contribution in [0.15, 0.2) is 0 Å². The molecule has 0 saturated heterocycles. The molecule has 7 heteroatoms. The zero-order valence-electron chi connectivity index (χ0n) is 11.1. The maximum atomic E-state index is 10.3. The summed E-state index contributed by atoms with van der Waals surface area (Å²) in [4.78, 5) is 10.5. The van der Waals surface area contributed by atoms with Crippen LogP contribution < -0.4 is 10.6 Å². The molecule has 0 aromatic carbocycles. The van der Waals surface area contributed by atoms with E-state index < -0.39 is 5.60 Å². The van der Waals surface area contributed by atoms with Gasteiger partial charge < -0.3 is 15.7 Å². The van der Waals surface area contributed by atoms with Gasteiger partial charge in [0.1, 0.15) is 5.82 Å². The lowest BCUT2D eigenvalue weighted by Crippen LogP contribution is -2.43. The number of anilines is 2. The van der Waals surface area contributed by atoms with Gasteiger partial charge in [0.15, 0.2) is 5.65 Å². The van der Waals surface area contributed by atoms with Gasteiger partial charge in [-0.25, -0.2) is 0 Å². The highest BCUT2D eigenvalue weighted by atomic mass is 16.3. The van der Waals surface area contributed by atoms with Crippen LogP contribution in [0.25, 0.3) is 11.0 Å². The van der Waals surface area contributed by atoms with Crippen molar-refractivity contribution in [2.45, 2.75) is 32.3 Å². The largest absolute Gasteiger partial charge is 0.388 e. The van der Waals surface area contributed by atoms with Crippen molar-refractivity contribution in [1.29, 1.82) is 0 Å². The molecule has 7 nitrogen and oxygen atoms in total. The zero-order chi connectivity index (χ0) is 13.6. The van der Waals surface area contributed by atoms with Gasteiger partial charge in [-0.1, -0.05) is 6.92 Å². The molecule has 1 aliphatic heterocycles. The SMILES string of the molecule is CC[C@](C)(O)CN1CCc2[nH]nc3nc(N)nc1c23. The number of β-amino-alcohol motifs (C(OH)–C–C–N with tert-alkyl or cyclic N) is 1. The number of nitrogens with zero attached hydrogens (tertiary/aromatic N) is 4. The van der Waals surface area contributed by atoms with Gasteiger partial charge in [0, 0.05) is 19.5 Å². The summed E-state index contributed by atoms with van der Waals surface area (Å²) in [5.74, 6) is 0.981. The first-order valence-corrected chi connectivity index (χ1v) is 6.48. The van der Waals surface area contributed by atoms with Gasteiger partial charge in [0.25, 0.3) is 0 Å². The lowest BCUT2D eigenvalue weighted by Gasteiger charge is -2.34. The van der Waals surface area contributed by atoms with Crippen molar-refractivity contribution in [1.82, 2.24) is 20.2 Å². The van der Waals surface area contributed by atoms with Crippen molar-refractivity contribution in [2.75, 3.05) is 23.7 Å². The van der Waals surface area contributed by atoms with Gasteiger partial charge >= 0.3 is 0 Å². The first-order chi connectivity index (χ1) is 9.00. The molecule has 0 bridgehead atoms. The fourth-order valence-electron chi connectivity index (χ4n) is 2.42. The van der Waals surface area contributed by atoms with E-state index in [1.165, 1.54) is 0 Å². The fourth-order valence-corrected chi connectivity index (χ4v) is 2.42. The normalized spacial score (nSPS) is 17.7.